The Morgan fingerprint density at radius 1 is 1.06 bits per heavy atom. The van der Waals surface area contributed by atoms with Crippen LogP contribution >= 0.6 is 0 Å². The van der Waals surface area contributed by atoms with Crippen molar-refractivity contribution in [3.8, 4) is 11.5 Å². The number of carbonyl (C=O) groups is 1. The Morgan fingerprint density at radius 2 is 1.83 bits per heavy atom. The number of hydrogen-bond acceptors (Lipinski definition) is 7. The largest absolute Gasteiger partial charge is 0.493 e. The molecule has 1 aliphatic heterocycles. The number of nitrogens with zero attached hydrogens (tertiary/aromatic N) is 4. The van der Waals surface area contributed by atoms with Gasteiger partial charge in [-0.05, 0) is 61.6 Å². The van der Waals surface area contributed by atoms with E-state index in [2.05, 4.69) is 31.9 Å². The average Bonchev–Trinajstić information content (AvgIpc) is 2.89. The number of rotatable bonds is 9. The Balaban J connectivity index is 1.35. The fourth-order valence-corrected chi connectivity index (χ4v) is 4.74. The van der Waals surface area contributed by atoms with E-state index in [1.54, 1.807) is 25.6 Å². The van der Waals surface area contributed by atoms with Gasteiger partial charge in [-0.2, -0.15) is 0 Å². The molecule has 2 aliphatic rings. The van der Waals surface area contributed by atoms with Crippen LogP contribution in [0.2, 0.25) is 0 Å². The van der Waals surface area contributed by atoms with E-state index in [4.69, 9.17) is 9.47 Å². The molecule has 7 nitrogen and oxygen atoms in total. The van der Waals surface area contributed by atoms with Gasteiger partial charge in [0.2, 0.25) is 5.78 Å². The molecule has 188 valence electrons. The highest BCUT2D eigenvalue weighted by atomic mass is 19.1. The van der Waals surface area contributed by atoms with Crippen molar-refractivity contribution in [2.45, 2.75) is 37.8 Å². The number of carbonyl (C=O) groups excluding carboxylic acids is 1. The van der Waals surface area contributed by atoms with Gasteiger partial charge in [0.25, 0.3) is 0 Å². The van der Waals surface area contributed by atoms with Gasteiger partial charge in [0.15, 0.2) is 17.3 Å². The lowest BCUT2D eigenvalue weighted by Gasteiger charge is -2.42. The number of methoxy groups -OCH3 is 1. The third-order valence-corrected chi connectivity index (χ3v) is 7.01. The highest BCUT2D eigenvalue weighted by Gasteiger charge is 2.30. The minimum absolute atomic E-state index is 0.0509. The van der Waals surface area contributed by atoms with Crippen LogP contribution in [0.1, 0.15) is 35.4 Å². The molecule has 2 heterocycles. The average molecular weight is 491 g/mol. The topological polar surface area (TPSA) is 67.8 Å². The second kappa shape index (κ2) is 11.0. The molecule has 3 aromatic rings. The third-order valence-electron chi connectivity index (χ3n) is 7.01. The number of anilines is 1. The van der Waals surface area contributed by atoms with Gasteiger partial charge in [0.1, 0.15) is 5.82 Å². The maximum absolute atomic E-state index is 13.5. The summed E-state index contributed by atoms with van der Waals surface area (Å²) in [5.41, 5.74) is 2.09. The van der Waals surface area contributed by atoms with Crippen molar-refractivity contribution < 1.29 is 18.7 Å². The summed E-state index contributed by atoms with van der Waals surface area (Å²) in [6.45, 7) is 2.42. The number of hydrogen-bond donors (Lipinski definition) is 0. The van der Waals surface area contributed by atoms with E-state index >= 15 is 0 Å². The number of benzene rings is 2. The van der Waals surface area contributed by atoms with E-state index in [-0.39, 0.29) is 36.1 Å². The summed E-state index contributed by atoms with van der Waals surface area (Å²) in [5.74, 6) is 1.38. The molecule has 0 N–H and O–H groups in total. The molecule has 5 rings (SSSR count). The number of piperazine rings is 1. The highest BCUT2D eigenvalue weighted by Crippen LogP contribution is 2.36. The fourth-order valence-electron chi connectivity index (χ4n) is 4.74. The van der Waals surface area contributed by atoms with Gasteiger partial charge in [-0.25, -0.2) is 14.4 Å². The second-order valence-electron chi connectivity index (χ2n) is 9.40. The van der Waals surface area contributed by atoms with Gasteiger partial charge in [0.05, 0.1) is 19.8 Å². The zero-order valence-corrected chi connectivity index (χ0v) is 20.5. The lowest BCUT2D eigenvalue weighted by molar-refractivity contribution is 0.0865. The molecule has 0 bridgehead atoms. The second-order valence-corrected chi connectivity index (χ2v) is 9.40. The van der Waals surface area contributed by atoms with Crippen LogP contribution in [0.4, 0.5) is 10.1 Å². The maximum atomic E-state index is 13.5. The number of ether oxygens (including phenoxy) is 2. The van der Waals surface area contributed by atoms with Crippen LogP contribution < -0.4 is 14.4 Å². The molecule has 1 aliphatic carbocycles. The predicted molar refractivity (Wildman–Crippen MR) is 135 cm³/mol. The zero-order valence-electron chi connectivity index (χ0n) is 20.5. The van der Waals surface area contributed by atoms with Gasteiger partial charge >= 0.3 is 0 Å². The van der Waals surface area contributed by atoms with Gasteiger partial charge < -0.3 is 14.4 Å². The third kappa shape index (κ3) is 5.65. The molecule has 0 unspecified atom stereocenters. The lowest BCUT2D eigenvalue weighted by atomic mass is 9.96. The summed E-state index contributed by atoms with van der Waals surface area (Å²) in [6, 6.07) is 14.4. The summed E-state index contributed by atoms with van der Waals surface area (Å²) in [4.78, 5) is 25.7. The van der Waals surface area contributed by atoms with Crippen LogP contribution in [0.15, 0.2) is 60.9 Å². The smallest absolute Gasteiger partial charge is 0.213 e. The van der Waals surface area contributed by atoms with E-state index in [9.17, 15) is 9.18 Å². The number of halogens is 1. The predicted octanol–water partition coefficient (Wildman–Crippen LogP) is 4.17. The van der Waals surface area contributed by atoms with Crippen LogP contribution in [0, 0.1) is 5.82 Å². The Morgan fingerprint density at radius 3 is 2.53 bits per heavy atom. The van der Waals surface area contributed by atoms with Crippen molar-refractivity contribution in [2.75, 3.05) is 38.2 Å². The Labute approximate surface area is 210 Å². The van der Waals surface area contributed by atoms with Crippen molar-refractivity contribution in [3.63, 3.8) is 0 Å². The summed E-state index contributed by atoms with van der Waals surface area (Å²) in [6.07, 6.45) is 7.47. The van der Waals surface area contributed by atoms with Crippen molar-refractivity contribution in [2.24, 2.45) is 0 Å². The number of Topliss-reactive ketones (excluding diaryl/α,β-unsaturated/α-hetero) is 1. The molecule has 0 amide bonds. The first-order chi connectivity index (χ1) is 17.6. The van der Waals surface area contributed by atoms with Gasteiger partial charge in [0, 0.05) is 49.8 Å². The molecule has 2 aromatic carbocycles. The van der Waals surface area contributed by atoms with Crippen molar-refractivity contribution in [1.82, 2.24) is 14.9 Å². The highest BCUT2D eigenvalue weighted by molar-refractivity contribution is 5.94. The Kier molecular flexibility index (Phi) is 7.41. The molecule has 8 heteroatoms. The summed E-state index contributed by atoms with van der Waals surface area (Å²) < 4.78 is 25.2. The first-order valence-electron chi connectivity index (χ1n) is 12.5. The molecule has 0 radical (unpaired) electrons. The minimum atomic E-state index is -0.255. The summed E-state index contributed by atoms with van der Waals surface area (Å²) in [5, 5.41) is 0. The van der Waals surface area contributed by atoms with E-state index in [1.807, 2.05) is 18.2 Å². The van der Waals surface area contributed by atoms with Crippen LogP contribution in [-0.2, 0) is 6.42 Å². The molecule has 1 aromatic heterocycles. The van der Waals surface area contributed by atoms with Gasteiger partial charge in [-0.1, -0.05) is 12.1 Å². The lowest BCUT2D eigenvalue weighted by Crippen LogP contribution is -2.55. The van der Waals surface area contributed by atoms with Crippen molar-refractivity contribution in [3.05, 3.63) is 78.1 Å². The molecule has 1 atom stereocenters. The normalized spacial score (nSPS) is 18.5. The van der Waals surface area contributed by atoms with Crippen molar-refractivity contribution in [1.29, 1.82) is 0 Å². The number of ketones is 1. The molecule has 36 heavy (non-hydrogen) atoms. The monoisotopic (exact) mass is 490 g/mol. The molecule has 1 saturated carbocycles. The van der Waals surface area contributed by atoms with Crippen LogP contribution in [-0.4, -0.2) is 66.1 Å². The van der Waals surface area contributed by atoms with Gasteiger partial charge in [-0.3, -0.25) is 9.69 Å². The molecule has 2 fully saturated rings. The van der Waals surface area contributed by atoms with Gasteiger partial charge in [-0.15, -0.1) is 0 Å². The van der Waals surface area contributed by atoms with E-state index in [0.717, 1.165) is 48.7 Å². The van der Waals surface area contributed by atoms with Crippen LogP contribution in [0.25, 0.3) is 0 Å². The quantitative estimate of drug-likeness (QED) is 0.417. The summed E-state index contributed by atoms with van der Waals surface area (Å²) >= 11 is 0. The molecular weight excluding hydrogens is 459 g/mol. The molecular formula is C28H31FN4O3. The SMILES string of the molecule is COc1ccc(N2CCN(CC(=O)c3ncccn3)[C@@H](Cc3ccc(F)cc3)C2)cc1OC1CCC1. The Bertz CT molecular complexity index is 1170. The van der Waals surface area contributed by atoms with E-state index in [1.165, 1.54) is 18.6 Å². The number of aromatic nitrogens is 2. The van der Waals surface area contributed by atoms with Crippen LogP contribution in [0.3, 0.4) is 0 Å². The minimum Gasteiger partial charge on any atom is -0.493 e. The Hall–Kier alpha value is -3.52. The first kappa shape index (κ1) is 24.2. The zero-order chi connectivity index (χ0) is 24.9. The van der Waals surface area contributed by atoms with E-state index < -0.39 is 0 Å². The van der Waals surface area contributed by atoms with Crippen LogP contribution in [0.5, 0.6) is 11.5 Å². The first-order valence-corrected chi connectivity index (χ1v) is 12.5. The van der Waals surface area contributed by atoms with Crippen molar-refractivity contribution >= 4 is 11.5 Å². The molecule has 0 spiro atoms. The summed E-state index contributed by atoms with van der Waals surface area (Å²) in [7, 11) is 1.66. The fraction of sp³-hybridized carbons (Fsp3) is 0.393. The standard InChI is InChI=1S/C28H31FN4O3/c1-35-26-11-10-22(17-27(26)36-24-4-2-5-24)32-14-15-33(19-25(34)28-30-12-3-13-31-28)23(18-32)16-20-6-8-21(29)9-7-20/h3,6-13,17,23-24H,2,4-5,14-16,18-19H2,1H3/t23-/m0/s1. The van der Waals surface area contributed by atoms with E-state index in [0.29, 0.717) is 13.0 Å². The molecule has 1 saturated heterocycles. The maximum Gasteiger partial charge on any atom is 0.213 e.